The van der Waals surface area contributed by atoms with Crippen LogP contribution in [-0.2, 0) is 0 Å². The highest BCUT2D eigenvalue weighted by atomic mass is 16.3. The van der Waals surface area contributed by atoms with Gasteiger partial charge in [-0.05, 0) is 0 Å². The summed E-state index contributed by atoms with van der Waals surface area (Å²) in [5.74, 6) is 0. The average Bonchev–Trinajstić information content (AvgIpc) is 2.50. The Morgan fingerprint density at radius 3 is 3.00 bits per heavy atom. The van der Waals surface area contributed by atoms with E-state index in [4.69, 9.17) is 10.2 Å². The predicted octanol–water partition coefficient (Wildman–Crippen LogP) is 0.00930. The second kappa shape index (κ2) is 3.32. The first-order chi connectivity index (χ1) is 5.27. The minimum atomic E-state index is -0.844. The normalized spacial score (nSPS) is 12.9. The van der Waals surface area contributed by atoms with Crippen LogP contribution in [0.5, 0.6) is 0 Å². The topological polar surface area (TPSA) is 58.3 Å². The Morgan fingerprint density at radius 2 is 2.55 bits per heavy atom. The smallest absolute Gasteiger partial charge is 0.105 e. The van der Waals surface area contributed by atoms with Gasteiger partial charge in [-0.15, -0.1) is 0 Å². The molecule has 0 aromatic carbocycles. The van der Waals surface area contributed by atoms with Crippen molar-refractivity contribution < 1.29 is 10.2 Å². The van der Waals surface area contributed by atoms with Crippen molar-refractivity contribution in [3.63, 3.8) is 0 Å². The summed E-state index contributed by atoms with van der Waals surface area (Å²) in [5, 5.41) is 21.5. The Labute approximate surface area is 64.4 Å². The molecule has 1 atom stereocenters. The minimum absolute atomic E-state index is 0.289. The summed E-state index contributed by atoms with van der Waals surface area (Å²) in [7, 11) is 0. The van der Waals surface area contributed by atoms with Crippen LogP contribution in [0.25, 0.3) is 6.20 Å². The first-order valence-electron chi connectivity index (χ1n) is 3.23. The van der Waals surface area contributed by atoms with Crippen molar-refractivity contribution >= 4 is 6.20 Å². The number of hydrogen-bond donors (Lipinski definition) is 2. The standard InChI is InChI=1S/C7H10N2O2/c1-2-9-4-6(3-8-9)7(11)5-10/h2-4,7,10-11H,1,5H2. The molecule has 11 heavy (non-hydrogen) atoms. The maximum absolute atomic E-state index is 9.10. The number of hydrogen-bond acceptors (Lipinski definition) is 3. The fourth-order valence-corrected chi connectivity index (χ4v) is 0.730. The van der Waals surface area contributed by atoms with Crippen molar-refractivity contribution in [3.05, 3.63) is 24.5 Å². The molecule has 0 aliphatic heterocycles. The van der Waals surface area contributed by atoms with Crippen molar-refractivity contribution in [2.24, 2.45) is 0 Å². The zero-order valence-corrected chi connectivity index (χ0v) is 6.01. The molecule has 0 amide bonds. The lowest BCUT2D eigenvalue weighted by Gasteiger charge is -2.00. The van der Waals surface area contributed by atoms with Gasteiger partial charge in [-0.25, -0.2) is 4.68 Å². The van der Waals surface area contributed by atoms with Crippen LogP contribution in [0.3, 0.4) is 0 Å². The van der Waals surface area contributed by atoms with Gasteiger partial charge in [0, 0.05) is 18.0 Å². The fourth-order valence-electron chi connectivity index (χ4n) is 0.730. The Balaban J connectivity index is 2.79. The van der Waals surface area contributed by atoms with Gasteiger partial charge >= 0.3 is 0 Å². The van der Waals surface area contributed by atoms with Gasteiger partial charge in [0.25, 0.3) is 0 Å². The largest absolute Gasteiger partial charge is 0.393 e. The SMILES string of the molecule is C=Cn1cc(C(O)CO)cn1. The quantitative estimate of drug-likeness (QED) is 0.644. The molecule has 0 spiro atoms. The number of rotatable bonds is 3. The van der Waals surface area contributed by atoms with Crippen molar-refractivity contribution in [2.45, 2.75) is 6.10 Å². The van der Waals surface area contributed by atoms with Gasteiger partial charge in [0.1, 0.15) is 6.10 Å². The van der Waals surface area contributed by atoms with E-state index < -0.39 is 6.10 Å². The highest BCUT2D eigenvalue weighted by Gasteiger charge is 2.06. The molecule has 0 aliphatic rings. The average molecular weight is 154 g/mol. The summed E-state index contributed by atoms with van der Waals surface area (Å²) in [6.45, 7) is 3.20. The van der Waals surface area contributed by atoms with Crippen LogP contribution < -0.4 is 0 Å². The summed E-state index contributed by atoms with van der Waals surface area (Å²) in [4.78, 5) is 0. The summed E-state index contributed by atoms with van der Waals surface area (Å²) in [6, 6.07) is 0. The van der Waals surface area contributed by atoms with Crippen molar-refractivity contribution in [3.8, 4) is 0 Å². The van der Waals surface area contributed by atoms with E-state index in [1.165, 1.54) is 17.1 Å². The highest BCUT2D eigenvalue weighted by Crippen LogP contribution is 2.09. The van der Waals surface area contributed by atoms with E-state index in [1.807, 2.05) is 0 Å². The van der Waals surface area contributed by atoms with Crippen LogP contribution in [0, 0.1) is 0 Å². The number of nitrogens with zero attached hydrogens (tertiary/aromatic N) is 2. The number of aliphatic hydroxyl groups is 2. The van der Waals surface area contributed by atoms with E-state index >= 15 is 0 Å². The molecule has 1 rings (SSSR count). The summed E-state index contributed by atoms with van der Waals surface area (Å²) >= 11 is 0. The summed E-state index contributed by atoms with van der Waals surface area (Å²) in [5.41, 5.74) is 0.590. The third kappa shape index (κ3) is 1.66. The van der Waals surface area contributed by atoms with E-state index in [9.17, 15) is 0 Å². The van der Waals surface area contributed by atoms with Crippen LogP contribution in [0.15, 0.2) is 19.0 Å². The maximum Gasteiger partial charge on any atom is 0.105 e. The van der Waals surface area contributed by atoms with Crippen molar-refractivity contribution in [1.82, 2.24) is 9.78 Å². The number of aliphatic hydroxyl groups excluding tert-OH is 2. The second-order valence-electron chi connectivity index (χ2n) is 2.13. The van der Waals surface area contributed by atoms with Crippen LogP contribution in [-0.4, -0.2) is 26.6 Å². The molecule has 0 bridgehead atoms. The molecule has 0 fully saturated rings. The molecule has 0 aliphatic carbocycles. The van der Waals surface area contributed by atoms with Gasteiger partial charge in [-0.3, -0.25) is 0 Å². The Bertz CT molecular complexity index is 244. The van der Waals surface area contributed by atoms with Crippen LogP contribution in [0.4, 0.5) is 0 Å². The van der Waals surface area contributed by atoms with Gasteiger partial charge in [-0.2, -0.15) is 5.10 Å². The Hall–Kier alpha value is -1.13. The highest BCUT2D eigenvalue weighted by molar-refractivity contribution is 5.18. The van der Waals surface area contributed by atoms with Gasteiger partial charge < -0.3 is 10.2 Å². The molecule has 60 valence electrons. The number of aromatic nitrogens is 2. The summed E-state index contributed by atoms with van der Waals surface area (Å²) in [6.07, 6.45) is 3.76. The minimum Gasteiger partial charge on any atom is -0.393 e. The lowest BCUT2D eigenvalue weighted by atomic mass is 10.2. The molecule has 1 aromatic rings. The van der Waals surface area contributed by atoms with E-state index in [1.54, 1.807) is 6.20 Å². The van der Waals surface area contributed by atoms with Gasteiger partial charge in [0.2, 0.25) is 0 Å². The molecular formula is C7H10N2O2. The molecule has 1 unspecified atom stereocenters. The molecule has 4 nitrogen and oxygen atoms in total. The van der Waals surface area contributed by atoms with Crippen LogP contribution >= 0.6 is 0 Å². The molecule has 4 heteroatoms. The van der Waals surface area contributed by atoms with Crippen molar-refractivity contribution in [2.75, 3.05) is 6.61 Å². The van der Waals surface area contributed by atoms with Crippen LogP contribution in [0.1, 0.15) is 11.7 Å². The van der Waals surface area contributed by atoms with Crippen LogP contribution in [0.2, 0.25) is 0 Å². The zero-order valence-electron chi connectivity index (χ0n) is 6.01. The fraction of sp³-hybridized carbons (Fsp3) is 0.286. The summed E-state index contributed by atoms with van der Waals surface area (Å²) < 4.78 is 1.47. The first kappa shape index (κ1) is 7.97. The molecule has 0 saturated heterocycles. The van der Waals surface area contributed by atoms with Gasteiger partial charge in [0.15, 0.2) is 0 Å². The Morgan fingerprint density at radius 1 is 1.82 bits per heavy atom. The van der Waals surface area contributed by atoms with E-state index in [0.717, 1.165) is 0 Å². The first-order valence-corrected chi connectivity index (χ1v) is 3.23. The lowest BCUT2D eigenvalue weighted by Crippen LogP contribution is -2.00. The van der Waals surface area contributed by atoms with Gasteiger partial charge in [0.05, 0.1) is 12.8 Å². The molecule has 1 heterocycles. The molecule has 0 radical (unpaired) electrons. The van der Waals surface area contributed by atoms with E-state index in [2.05, 4.69) is 11.7 Å². The zero-order chi connectivity index (χ0) is 8.27. The second-order valence-corrected chi connectivity index (χ2v) is 2.13. The molecule has 2 N–H and O–H groups in total. The monoisotopic (exact) mass is 154 g/mol. The van der Waals surface area contributed by atoms with Gasteiger partial charge in [-0.1, -0.05) is 6.58 Å². The molecular weight excluding hydrogens is 144 g/mol. The predicted molar refractivity (Wildman–Crippen MR) is 40.7 cm³/mol. The molecule has 0 saturated carbocycles. The van der Waals surface area contributed by atoms with E-state index in [-0.39, 0.29) is 6.61 Å². The third-order valence-electron chi connectivity index (χ3n) is 1.37. The molecule has 1 aromatic heterocycles. The van der Waals surface area contributed by atoms with Crippen molar-refractivity contribution in [1.29, 1.82) is 0 Å². The lowest BCUT2D eigenvalue weighted by molar-refractivity contribution is 0.0956. The Kier molecular flexibility index (Phi) is 2.40. The van der Waals surface area contributed by atoms with E-state index in [0.29, 0.717) is 5.56 Å². The maximum atomic E-state index is 9.10. The third-order valence-corrected chi connectivity index (χ3v) is 1.37.